The molecule has 0 spiro atoms. The van der Waals surface area contributed by atoms with Crippen LogP contribution in [0.3, 0.4) is 0 Å². The van der Waals surface area contributed by atoms with Gasteiger partial charge in [0.2, 0.25) is 0 Å². The number of carbonyl (C=O) groups is 1. The van der Waals surface area contributed by atoms with Gasteiger partial charge in [-0.15, -0.1) is 0 Å². The molecule has 16 heavy (non-hydrogen) atoms. The Kier molecular flexibility index (Phi) is 3.13. The summed E-state index contributed by atoms with van der Waals surface area (Å²) < 4.78 is 10.1. The molecule has 0 N–H and O–H groups in total. The molecule has 1 aromatic rings. The van der Waals surface area contributed by atoms with Crippen LogP contribution in [0.5, 0.6) is 5.75 Å². The highest BCUT2D eigenvalue weighted by molar-refractivity contribution is 5.90. The summed E-state index contributed by atoms with van der Waals surface area (Å²) in [7, 11) is 3.04. The third kappa shape index (κ3) is 1.90. The summed E-state index contributed by atoms with van der Waals surface area (Å²) in [4.78, 5) is 11.5. The molecular formula is C13H16O3. The SMILES string of the molecule is COC(=O)c1cc2c(c(OC)c1)CCCC2. The van der Waals surface area contributed by atoms with Crippen LogP contribution in [0.2, 0.25) is 0 Å². The number of hydrogen-bond acceptors (Lipinski definition) is 3. The lowest BCUT2D eigenvalue weighted by atomic mass is 9.89. The topological polar surface area (TPSA) is 35.5 Å². The van der Waals surface area contributed by atoms with E-state index in [-0.39, 0.29) is 5.97 Å². The van der Waals surface area contributed by atoms with Crippen molar-refractivity contribution in [3.05, 3.63) is 28.8 Å². The molecule has 1 aliphatic carbocycles. The van der Waals surface area contributed by atoms with Gasteiger partial charge in [-0.2, -0.15) is 0 Å². The van der Waals surface area contributed by atoms with Crippen LogP contribution in [0.4, 0.5) is 0 Å². The van der Waals surface area contributed by atoms with Gasteiger partial charge in [-0.05, 0) is 48.9 Å². The van der Waals surface area contributed by atoms with E-state index in [1.165, 1.54) is 31.1 Å². The van der Waals surface area contributed by atoms with Crippen LogP contribution in [0.15, 0.2) is 12.1 Å². The van der Waals surface area contributed by atoms with Crippen LogP contribution < -0.4 is 4.74 Å². The molecule has 0 fully saturated rings. The zero-order valence-electron chi connectivity index (χ0n) is 9.71. The average molecular weight is 220 g/mol. The van der Waals surface area contributed by atoms with Crippen molar-refractivity contribution >= 4 is 5.97 Å². The van der Waals surface area contributed by atoms with Crippen LogP contribution in [0.1, 0.15) is 34.3 Å². The van der Waals surface area contributed by atoms with Crippen molar-refractivity contribution in [3.8, 4) is 5.75 Å². The molecule has 3 nitrogen and oxygen atoms in total. The first-order valence-electron chi connectivity index (χ1n) is 5.54. The Hall–Kier alpha value is -1.51. The quantitative estimate of drug-likeness (QED) is 0.718. The Morgan fingerprint density at radius 1 is 1.19 bits per heavy atom. The van der Waals surface area contributed by atoms with Crippen molar-refractivity contribution in [2.45, 2.75) is 25.7 Å². The first-order valence-corrected chi connectivity index (χ1v) is 5.54. The predicted molar refractivity (Wildman–Crippen MR) is 61.0 cm³/mol. The number of hydrogen-bond donors (Lipinski definition) is 0. The monoisotopic (exact) mass is 220 g/mol. The molecule has 0 aromatic heterocycles. The molecule has 86 valence electrons. The van der Waals surface area contributed by atoms with Gasteiger partial charge >= 0.3 is 5.97 Å². The molecule has 0 amide bonds. The van der Waals surface area contributed by atoms with E-state index in [2.05, 4.69) is 0 Å². The molecule has 0 aliphatic heterocycles. The van der Waals surface area contributed by atoms with E-state index in [9.17, 15) is 4.79 Å². The second-order valence-corrected chi connectivity index (χ2v) is 4.01. The van der Waals surface area contributed by atoms with Gasteiger partial charge in [-0.25, -0.2) is 4.79 Å². The largest absolute Gasteiger partial charge is 0.496 e. The summed E-state index contributed by atoms with van der Waals surface area (Å²) in [6, 6.07) is 3.71. The van der Waals surface area contributed by atoms with Crippen LogP contribution in [0.25, 0.3) is 0 Å². The molecule has 0 saturated heterocycles. The average Bonchev–Trinajstić information content (AvgIpc) is 2.36. The zero-order valence-corrected chi connectivity index (χ0v) is 9.71. The molecule has 0 unspecified atom stereocenters. The summed E-state index contributed by atoms with van der Waals surface area (Å²) in [5, 5.41) is 0. The standard InChI is InChI=1S/C13H16O3/c1-15-12-8-10(13(14)16-2)7-9-5-3-4-6-11(9)12/h7-8H,3-6H2,1-2H3. The number of esters is 1. The smallest absolute Gasteiger partial charge is 0.337 e. The summed E-state index contributed by atoms with van der Waals surface area (Å²) >= 11 is 0. The summed E-state index contributed by atoms with van der Waals surface area (Å²) in [6.07, 6.45) is 4.44. The maximum absolute atomic E-state index is 11.5. The lowest BCUT2D eigenvalue weighted by Crippen LogP contribution is -2.09. The number of fused-ring (bicyclic) bond motifs is 1. The Morgan fingerprint density at radius 3 is 2.62 bits per heavy atom. The van der Waals surface area contributed by atoms with Crippen LogP contribution >= 0.6 is 0 Å². The molecule has 0 atom stereocenters. The fourth-order valence-electron chi connectivity index (χ4n) is 2.24. The minimum absolute atomic E-state index is 0.299. The summed E-state index contributed by atoms with van der Waals surface area (Å²) in [5.74, 6) is 0.518. The maximum atomic E-state index is 11.5. The number of ether oxygens (including phenoxy) is 2. The van der Waals surface area contributed by atoms with Crippen molar-refractivity contribution < 1.29 is 14.3 Å². The second-order valence-electron chi connectivity index (χ2n) is 4.01. The fourth-order valence-corrected chi connectivity index (χ4v) is 2.24. The number of methoxy groups -OCH3 is 2. The Bertz CT molecular complexity index is 393. The first-order chi connectivity index (χ1) is 7.76. The molecule has 3 heteroatoms. The van der Waals surface area contributed by atoms with Gasteiger partial charge < -0.3 is 9.47 Å². The van der Waals surface area contributed by atoms with E-state index in [0.29, 0.717) is 5.56 Å². The van der Waals surface area contributed by atoms with Crippen LogP contribution in [-0.2, 0) is 17.6 Å². The van der Waals surface area contributed by atoms with E-state index >= 15 is 0 Å². The van der Waals surface area contributed by atoms with E-state index in [0.717, 1.165) is 18.6 Å². The maximum Gasteiger partial charge on any atom is 0.337 e. The summed E-state index contributed by atoms with van der Waals surface area (Å²) in [6.45, 7) is 0. The van der Waals surface area contributed by atoms with Gasteiger partial charge in [0.1, 0.15) is 5.75 Å². The Balaban J connectivity index is 2.47. The van der Waals surface area contributed by atoms with Crippen molar-refractivity contribution in [1.82, 2.24) is 0 Å². The lowest BCUT2D eigenvalue weighted by Gasteiger charge is -2.19. The predicted octanol–water partition coefficient (Wildman–Crippen LogP) is 2.36. The highest BCUT2D eigenvalue weighted by atomic mass is 16.5. The van der Waals surface area contributed by atoms with Crippen molar-refractivity contribution in [2.75, 3.05) is 14.2 Å². The molecule has 0 saturated carbocycles. The Labute approximate surface area is 95.4 Å². The van der Waals surface area contributed by atoms with Gasteiger partial charge in [0.25, 0.3) is 0 Å². The summed E-state index contributed by atoms with van der Waals surface area (Å²) in [5.41, 5.74) is 3.06. The minimum Gasteiger partial charge on any atom is -0.496 e. The van der Waals surface area contributed by atoms with E-state index in [1.807, 2.05) is 6.07 Å². The van der Waals surface area contributed by atoms with Crippen molar-refractivity contribution in [3.63, 3.8) is 0 Å². The molecule has 2 rings (SSSR count). The molecule has 1 aliphatic rings. The third-order valence-electron chi connectivity index (χ3n) is 3.07. The lowest BCUT2D eigenvalue weighted by molar-refractivity contribution is 0.0600. The van der Waals surface area contributed by atoms with Gasteiger partial charge in [-0.3, -0.25) is 0 Å². The molecule has 0 heterocycles. The fraction of sp³-hybridized carbons (Fsp3) is 0.462. The number of rotatable bonds is 2. The van der Waals surface area contributed by atoms with Crippen molar-refractivity contribution in [2.24, 2.45) is 0 Å². The van der Waals surface area contributed by atoms with Crippen molar-refractivity contribution in [1.29, 1.82) is 0 Å². The molecule has 0 bridgehead atoms. The van der Waals surface area contributed by atoms with E-state index in [1.54, 1.807) is 13.2 Å². The van der Waals surface area contributed by atoms with Gasteiger partial charge in [0.05, 0.1) is 19.8 Å². The first kappa shape index (κ1) is 11.0. The highest BCUT2D eigenvalue weighted by Gasteiger charge is 2.18. The minimum atomic E-state index is -0.299. The molecule has 0 radical (unpaired) electrons. The normalized spacial score (nSPS) is 14.1. The van der Waals surface area contributed by atoms with E-state index in [4.69, 9.17) is 9.47 Å². The highest BCUT2D eigenvalue weighted by Crippen LogP contribution is 2.31. The van der Waals surface area contributed by atoms with Crippen LogP contribution in [0, 0.1) is 0 Å². The zero-order chi connectivity index (χ0) is 11.5. The van der Waals surface area contributed by atoms with Gasteiger partial charge in [-0.1, -0.05) is 0 Å². The van der Waals surface area contributed by atoms with E-state index < -0.39 is 0 Å². The van der Waals surface area contributed by atoms with Gasteiger partial charge in [0, 0.05) is 0 Å². The van der Waals surface area contributed by atoms with Gasteiger partial charge in [0.15, 0.2) is 0 Å². The number of benzene rings is 1. The molecule has 1 aromatic carbocycles. The number of carbonyl (C=O) groups excluding carboxylic acids is 1. The Morgan fingerprint density at radius 2 is 1.94 bits per heavy atom. The third-order valence-corrected chi connectivity index (χ3v) is 3.07. The molecular weight excluding hydrogens is 204 g/mol. The second kappa shape index (κ2) is 4.56. The number of aryl methyl sites for hydroxylation is 1. The van der Waals surface area contributed by atoms with Crippen LogP contribution in [-0.4, -0.2) is 20.2 Å².